The number of hydrogen-bond donors (Lipinski definition) is 1. The number of nitrogens with one attached hydrogen (secondary N) is 1. The topological polar surface area (TPSA) is 84.3 Å². The Labute approximate surface area is 167 Å². The van der Waals surface area contributed by atoms with Crippen LogP contribution in [0.2, 0.25) is 0 Å². The minimum absolute atomic E-state index is 0.0434. The maximum absolute atomic E-state index is 13.0. The van der Waals surface area contributed by atoms with Crippen molar-refractivity contribution in [2.45, 2.75) is 44.6 Å². The van der Waals surface area contributed by atoms with Gasteiger partial charge in [0.15, 0.2) is 0 Å². The van der Waals surface area contributed by atoms with Gasteiger partial charge in [-0.1, -0.05) is 22.4 Å². The monoisotopic (exact) mass is 454 g/mol. The van der Waals surface area contributed by atoms with Crippen molar-refractivity contribution in [3.8, 4) is 0 Å². The van der Waals surface area contributed by atoms with Crippen LogP contribution in [-0.4, -0.2) is 41.5 Å². The van der Waals surface area contributed by atoms with Gasteiger partial charge in [-0.25, -0.2) is 8.42 Å². The zero-order valence-electron chi connectivity index (χ0n) is 15.4. The van der Waals surface area contributed by atoms with Gasteiger partial charge in [0.2, 0.25) is 15.9 Å². The minimum Gasteiger partial charge on any atom is -0.324 e. The Morgan fingerprint density at radius 3 is 2.41 bits per heavy atom. The van der Waals surface area contributed by atoms with E-state index in [1.54, 1.807) is 26.0 Å². The summed E-state index contributed by atoms with van der Waals surface area (Å²) in [6.07, 6.45) is 2.81. The molecule has 7 nitrogen and oxygen atoms in total. The second kappa shape index (κ2) is 8.12. The first-order valence-corrected chi connectivity index (χ1v) is 11.1. The molecule has 27 heavy (non-hydrogen) atoms. The zero-order chi connectivity index (χ0) is 19.6. The number of aryl methyl sites for hydroxylation is 1. The lowest BCUT2D eigenvalue weighted by Gasteiger charge is -2.25. The van der Waals surface area contributed by atoms with Crippen molar-refractivity contribution in [3.05, 3.63) is 40.1 Å². The molecular formula is C18H23BrN4O3S. The molecule has 0 bridgehead atoms. The molecule has 0 radical (unpaired) electrons. The van der Waals surface area contributed by atoms with E-state index in [9.17, 15) is 13.2 Å². The largest absolute Gasteiger partial charge is 0.324 e. The fourth-order valence-electron chi connectivity index (χ4n) is 3.31. The van der Waals surface area contributed by atoms with Crippen LogP contribution in [0, 0.1) is 13.8 Å². The molecule has 1 fully saturated rings. The van der Waals surface area contributed by atoms with Crippen LogP contribution in [0.3, 0.4) is 0 Å². The molecular weight excluding hydrogens is 432 g/mol. The van der Waals surface area contributed by atoms with Crippen molar-refractivity contribution in [1.82, 2.24) is 14.1 Å². The van der Waals surface area contributed by atoms with E-state index >= 15 is 0 Å². The second-order valence-corrected chi connectivity index (χ2v) is 9.47. The van der Waals surface area contributed by atoms with Gasteiger partial charge in [-0.15, -0.1) is 0 Å². The van der Waals surface area contributed by atoms with Gasteiger partial charge in [0, 0.05) is 23.2 Å². The molecule has 146 valence electrons. The maximum Gasteiger partial charge on any atom is 0.246 e. The number of benzene rings is 1. The van der Waals surface area contributed by atoms with Gasteiger partial charge in [0.05, 0.1) is 11.4 Å². The smallest absolute Gasteiger partial charge is 0.246 e. The standard InChI is InChI=1S/C18H23BrN4O3S/c1-13-18(27(25,26)22-10-4-3-5-11-22)14(2)23(21-13)12-17(24)20-16-8-6-15(19)7-9-16/h6-9H,3-5,10-12H2,1-2H3,(H,20,24). The van der Waals surface area contributed by atoms with Crippen molar-refractivity contribution in [1.29, 1.82) is 0 Å². The number of aromatic nitrogens is 2. The number of carbonyl (C=O) groups is 1. The van der Waals surface area contributed by atoms with E-state index in [0.717, 1.165) is 23.7 Å². The number of piperidine rings is 1. The maximum atomic E-state index is 13.0. The van der Waals surface area contributed by atoms with Gasteiger partial charge in [-0.05, 0) is 51.0 Å². The van der Waals surface area contributed by atoms with Crippen LogP contribution in [-0.2, 0) is 21.4 Å². The fourth-order valence-corrected chi connectivity index (χ4v) is 5.47. The van der Waals surface area contributed by atoms with E-state index in [4.69, 9.17) is 0 Å². The van der Waals surface area contributed by atoms with Crippen LogP contribution < -0.4 is 5.32 Å². The highest BCUT2D eigenvalue weighted by molar-refractivity contribution is 9.10. The third kappa shape index (κ3) is 4.41. The molecule has 2 aromatic rings. The highest BCUT2D eigenvalue weighted by atomic mass is 79.9. The lowest BCUT2D eigenvalue weighted by atomic mass is 10.2. The highest BCUT2D eigenvalue weighted by Gasteiger charge is 2.31. The second-order valence-electron chi connectivity index (χ2n) is 6.68. The molecule has 1 aliphatic rings. The molecule has 1 amide bonds. The number of rotatable bonds is 5. The van der Waals surface area contributed by atoms with Crippen molar-refractivity contribution in [3.63, 3.8) is 0 Å². The number of sulfonamides is 1. The third-order valence-corrected chi connectivity index (χ3v) is 7.33. The molecule has 1 N–H and O–H groups in total. The summed E-state index contributed by atoms with van der Waals surface area (Å²) in [7, 11) is -3.59. The van der Waals surface area contributed by atoms with Crippen LogP contribution in [0.15, 0.2) is 33.6 Å². The van der Waals surface area contributed by atoms with E-state index in [-0.39, 0.29) is 17.3 Å². The molecule has 3 rings (SSSR count). The molecule has 1 saturated heterocycles. The summed E-state index contributed by atoms with van der Waals surface area (Å²) in [4.78, 5) is 12.6. The highest BCUT2D eigenvalue weighted by Crippen LogP contribution is 2.26. The lowest BCUT2D eigenvalue weighted by molar-refractivity contribution is -0.116. The summed E-state index contributed by atoms with van der Waals surface area (Å²) in [5.41, 5.74) is 1.59. The number of hydrogen-bond acceptors (Lipinski definition) is 4. The number of nitrogens with zero attached hydrogens (tertiary/aromatic N) is 3. The summed E-state index contributed by atoms with van der Waals surface area (Å²) >= 11 is 3.35. The summed E-state index contributed by atoms with van der Waals surface area (Å²) in [6, 6.07) is 7.25. The minimum atomic E-state index is -3.59. The summed E-state index contributed by atoms with van der Waals surface area (Å²) in [6.45, 7) is 4.40. The van der Waals surface area contributed by atoms with E-state index in [1.165, 1.54) is 8.99 Å². The molecule has 1 aliphatic heterocycles. The fraction of sp³-hybridized carbons (Fsp3) is 0.444. The van der Waals surface area contributed by atoms with Crippen LogP contribution in [0.5, 0.6) is 0 Å². The zero-order valence-corrected chi connectivity index (χ0v) is 17.8. The number of halogens is 1. The van der Waals surface area contributed by atoms with E-state index in [2.05, 4.69) is 26.3 Å². The molecule has 0 spiro atoms. The SMILES string of the molecule is Cc1nn(CC(=O)Nc2ccc(Br)cc2)c(C)c1S(=O)(=O)N1CCCCC1. The first-order valence-electron chi connectivity index (χ1n) is 8.88. The number of carbonyl (C=O) groups excluding carboxylic acids is 1. The van der Waals surface area contributed by atoms with Crippen molar-refractivity contribution < 1.29 is 13.2 Å². The number of anilines is 1. The van der Waals surface area contributed by atoms with Gasteiger partial charge >= 0.3 is 0 Å². The molecule has 0 aliphatic carbocycles. The van der Waals surface area contributed by atoms with Crippen LogP contribution in [0.4, 0.5) is 5.69 Å². The van der Waals surface area contributed by atoms with Gasteiger partial charge in [-0.3, -0.25) is 9.48 Å². The quantitative estimate of drug-likeness (QED) is 0.751. The molecule has 0 atom stereocenters. The molecule has 2 heterocycles. The summed E-state index contributed by atoms with van der Waals surface area (Å²) in [5, 5.41) is 7.10. The Balaban J connectivity index is 1.78. The van der Waals surface area contributed by atoms with Gasteiger partial charge in [0.25, 0.3) is 0 Å². The number of amides is 1. The van der Waals surface area contributed by atoms with E-state index in [0.29, 0.717) is 30.2 Å². The van der Waals surface area contributed by atoms with Crippen molar-refractivity contribution in [2.75, 3.05) is 18.4 Å². The molecule has 0 unspecified atom stereocenters. The van der Waals surface area contributed by atoms with Crippen LogP contribution >= 0.6 is 15.9 Å². The van der Waals surface area contributed by atoms with Gasteiger partial charge in [-0.2, -0.15) is 9.40 Å². The van der Waals surface area contributed by atoms with Crippen LogP contribution in [0.1, 0.15) is 30.7 Å². The third-order valence-electron chi connectivity index (χ3n) is 4.65. The van der Waals surface area contributed by atoms with Crippen molar-refractivity contribution in [2.24, 2.45) is 0 Å². The Morgan fingerprint density at radius 1 is 1.15 bits per heavy atom. The van der Waals surface area contributed by atoms with Crippen molar-refractivity contribution >= 4 is 37.5 Å². The Kier molecular flexibility index (Phi) is 6.02. The average molecular weight is 455 g/mol. The summed E-state index contributed by atoms with van der Waals surface area (Å²) < 4.78 is 29.9. The normalized spacial score (nSPS) is 15.7. The predicted octanol–water partition coefficient (Wildman–Crippen LogP) is 3.08. The predicted molar refractivity (Wildman–Crippen MR) is 107 cm³/mol. The molecule has 1 aromatic carbocycles. The average Bonchev–Trinajstić information content (AvgIpc) is 2.91. The Hall–Kier alpha value is -1.71. The Morgan fingerprint density at radius 2 is 1.78 bits per heavy atom. The van der Waals surface area contributed by atoms with Gasteiger partial charge in [0.1, 0.15) is 11.4 Å². The first kappa shape index (κ1) is 20.0. The van der Waals surface area contributed by atoms with Gasteiger partial charge < -0.3 is 5.32 Å². The van der Waals surface area contributed by atoms with Crippen LogP contribution in [0.25, 0.3) is 0 Å². The lowest BCUT2D eigenvalue weighted by Crippen LogP contribution is -2.36. The first-order chi connectivity index (χ1) is 12.8. The van der Waals surface area contributed by atoms with E-state index < -0.39 is 10.0 Å². The molecule has 0 saturated carbocycles. The van der Waals surface area contributed by atoms with E-state index in [1.807, 2.05) is 12.1 Å². The molecule has 9 heteroatoms. The molecule has 1 aromatic heterocycles. The summed E-state index contributed by atoms with van der Waals surface area (Å²) in [5.74, 6) is -0.259. The Bertz CT molecular complexity index is 932.